The third kappa shape index (κ3) is 5.28. The lowest BCUT2D eigenvalue weighted by Crippen LogP contribution is -2.34. The van der Waals surface area contributed by atoms with Gasteiger partial charge in [0.2, 0.25) is 0 Å². The van der Waals surface area contributed by atoms with Crippen LogP contribution in [-0.2, 0) is 4.74 Å². The van der Waals surface area contributed by atoms with E-state index in [2.05, 4.69) is 23.3 Å². The summed E-state index contributed by atoms with van der Waals surface area (Å²) in [5, 5.41) is 6.13. The van der Waals surface area contributed by atoms with E-state index in [1.54, 1.807) is 6.26 Å². The van der Waals surface area contributed by atoms with E-state index in [9.17, 15) is 4.79 Å². The molecule has 5 heteroatoms. The highest BCUT2D eigenvalue weighted by Crippen LogP contribution is 2.27. The molecular weight excluding hydrogens is 320 g/mol. The van der Waals surface area contributed by atoms with Crippen LogP contribution in [0.2, 0.25) is 0 Å². The van der Waals surface area contributed by atoms with Crippen molar-refractivity contribution in [2.24, 2.45) is 0 Å². The minimum Gasteiger partial charge on any atom is -0.446 e. The normalized spacial score (nSPS) is 14.2. The van der Waals surface area contributed by atoms with Gasteiger partial charge in [0, 0.05) is 5.56 Å². The van der Waals surface area contributed by atoms with Crippen LogP contribution >= 0.6 is 12.6 Å². The molecule has 0 aromatic heterocycles. The number of rotatable bonds is 3. The second-order valence-corrected chi connectivity index (χ2v) is 5.39. The first-order valence-corrected chi connectivity index (χ1v) is 9.00. The molecule has 0 spiro atoms. The fourth-order valence-corrected chi connectivity index (χ4v) is 2.67. The zero-order valence-corrected chi connectivity index (χ0v) is 14.8. The van der Waals surface area contributed by atoms with Crippen molar-refractivity contribution >= 4 is 24.4 Å². The van der Waals surface area contributed by atoms with Crippen molar-refractivity contribution in [2.45, 2.75) is 18.9 Å². The first kappa shape index (κ1) is 18.4. The SMILES string of the molecule is CS.O=C(Nc1ccccc1-c1ccccc1)OC1CCNCC1. The van der Waals surface area contributed by atoms with Crippen molar-refractivity contribution in [3.05, 3.63) is 54.6 Å². The Morgan fingerprint density at radius 2 is 1.67 bits per heavy atom. The van der Waals surface area contributed by atoms with Crippen LogP contribution in [0, 0.1) is 0 Å². The number of nitrogens with one attached hydrogen (secondary N) is 2. The summed E-state index contributed by atoms with van der Waals surface area (Å²) in [4.78, 5) is 12.1. The van der Waals surface area contributed by atoms with Gasteiger partial charge in [0.05, 0.1) is 5.69 Å². The van der Waals surface area contributed by atoms with Gasteiger partial charge < -0.3 is 10.1 Å². The number of piperidine rings is 1. The maximum absolute atomic E-state index is 12.1. The zero-order chi connectivity index (χ0) is 17.2. The van der Waals surface area contributed by atoms with E-state index in [-0.39, 0.29) is 12.2 Å². The summed E-state index contributed by atoms with van der Waals surface area (Å²) in [5.41, 5.74) is 2.83. The number of carbonyl (C=O) groups excluding carboxylic acids is 1. The van der Waals surface area contributed by atoms with Gasteiger partial charge in [-0.25, -0.2) is 4.79 Å². The van der Waals surface area contributed by atoms with Crippen molar-refractivity contribution in [2.75, 3.05) is 24.7 Å². The summed E-state index contributed by atoms with van der Waals surface area (Å²) in [6, 6.07) is 17.8. The molecule has 0 radical (unpaired) electrons. The zero-order valence-electron chi connectivity index (χ0n) is 13.9. The molecule has 128 valence electrons. The smallest absolute Gasteiger partial charge is 0.411 e. The summed E-state index contributed by atoms with van der Waals surface area (Å²) in [7, 11) is 0. The highest BCUT2D eigenvalue weighted by molar-refractivity contribution is 7.79. The maximum Gasteiger partial charge on any atom is 0.411 e. The van der Waals surface area contributed by atoms with Gasteiger partial charge in [-0.1, -0.05) is 48.5 Å². The van der Waals surface area contributed by atoms with E-state index in [1.807, 2.05) is 54.6 Å². The molecule has 2 aromatic carbocycles. The predicted octanol–water partition coefficient (Wildman–Crippen LogP) is 4.20. The molecule has 0 saturated carbocycles. The number of amides is 1. The van der Waals surface area contributed by atoms with E-state index in [0.29, 0.717) is 0 Å². The van der Waals surface area contributed by atoms with Gasteiger partial charge in [0.1, 0.15) is 6.10 Å². The first-order chi connectivity index (χ1) is 11.8. The molecular formula is C19H24N2O2S. The molecule has 0 atom stereocenters. The van der Waals surface area contributed by atoms with Crippen molar-refractivity contribution in [1.29, 1.82) is 0 Å². The molecule has 1 amide bonds. The van der Waals surface area contributed by atoms with Gasteiger partial charge in [0.25, 0.3) is 0 Å². The van der Waals surface area contributed by atoms with Crippen LogP contribution in [0.1, 0.15) is 12.8 Å². The summed E-state index contributed by atoms with van der Waals surface area (Å²) < 4.78 is 5.50. The Morgan fingerprint density at radius 1 is 1.04 bits per heavy atom. The van der Waals surface area contributed by atoms with E-state index in [4.69, 9.17) is 4.74 Å². The number of carbonyl (C=O) groups is 1. The molecule has 0 aliphatic carbocycles. The van der Waals surface area contributed by atoms with Gasteiger partial charge in [-0.2, -0.15) is 12.6 Å². The molecule has 2 N–H and O–H groups in total. The standard InChI is InChI=1S/C18H20N2O2.CH4S/c21-18(22-15-10-12-19-13-11-15)20-17-9-5-4-8-16(17)14-6-2-1-3-7-14;1-2/h1-9,15,19H,10-13H2,(H,20,21);2H,1H3. The fourth-order valence-electron chi connectivity index (χ4n) is 2.67. The lowest BCUT2D eigenvalue weighted by atomic mass is 10.0. The van der Waals surface area contributed by atoms with Crippen LogP contribution in [0.15, 0.2) is 54.6 Å². The van der Waals surface area contributed by atoms with Crippen molar-refractivity contribution in [3.63, 3.8) is 0 Å². The topological polar surface area (TPSA) is 50.4 Å². The molecule has 1 fully saturated rings. The molecule has 2 aromatic rings. The van der Waals surface area contributed by atoms with Crippen molar-refractivity contribution < 1.29 is 9.53 Å². The molecule has 3 rings (SSSR count). The van der Waals surface area contributed by atoms with Gasteiger partial charge in [-0.3, -0.25) is 5.32 Å². The summed E-state index contributed by atoms with van der Waals surface area (Å²) in [5.74, 6) is 0. The number of benzene rings is 2. The Hall–Kier alpha value is -1.98. The van der Waals surface area contributed by atoms with E-state index in [0.717, 1.165) is 42.7 Å². The number of hydrogen-bond acceptors (Lipinski definition) is 4. The molecule has 0 unspecified atom stereocenters. The second-order valence-electron chi connectivity index (χ2n) is 5.39. The average molecular weight is 344 g/mol. The monoisotopic (exact) mass is 344 g/mol. The Bertz CT molecular complexity index is 628. The lowest BCUT2D eigenvalue weighted by Gasteiger charge is -2.23. The van der Waals surface area contributed by atoms with E-state index >= 15 is 0 Å². The average Bonchev–Trinajstić information content (AvgIpc) is 2.65. The molecule has 1 heterocycles. The molecule has 1 aliphatic heterocycles. The highest BCUT2D eigenvalue weighted by atomic mass is 32.1. The molecule has 24 heavy (non-hydrogen) atoms. The number of ether oxygens (including phenoxy) is 1. The largest absolute Gasteiger partial charge is 0.446 e. The minimum absolute atomic E-state index is 0.00476. The van der Waals surface area contributed by atoms with Gasteiger partial charge >= 0.3 is 6.09 Å². The second kappa shape index (κ2) is 10.0. The number of thiol groups is 1. The van der Waals surface area contributed by atoms with Crippen molar-refractivity contribution in [3.8, 4) is 11.1 Å². The van der Waals surface area contributed by atoms with Crippen LogP contribution in [-0.4, -0.2) is 31.5 Å². The van der Waals surface area contributed by atoms with Crippen LogP contribution < -0.4 is 10.6 Å². The van der Waals surface area contributed by atoms with Crippen LogP contribution in [0.4, 0.5) is 10.5 Å². The third-order valence-corrected chi connectivity index (χ3v) is 3.81. The highest BCUT2D eigenvalue weighted by Gasteiger charge is 2.18. The van der Waals surface area contributed by atoms with E-state index in [1.165, 1.54) is 0 Å². The Morgan fingerprint density at radius 3 is 2.38 bits per heavy atom. The third-order valence-electron chi connectivity index (χ3n) is 3.81. The Kier molecular flexibility index (Phi) is 7.65. The summed E-state index contributed by atoms with van der Waals surface area (Å²) in [6.45, 7) is 1.80. The number of anilines is 1. The number of para-hydroxylation sites is 1. The first-order valence-electron chi connectivity index (χ1n) is 8.10. The van der Waals surface area contributed by atoms with Crippen LogP contribution in [0.25, 0.3) is 11.1 Å². The van der Waals surface area contributed by atoms with Crippen LogP contribution in [0.5, 0.6) is 0 Å². The fraction of sp³-hybridized carbons (Fsp3) is 0.316. The molecule has 0 bridgehead atoms. The molecule has 4 nitrogen and oxygen atoms in total. The summed E-state index contributed by atoms with van der Waals surface area (Å²) in [6.07, 6.45) is 3.06. The molecule has 1 saturated heterocycles. The Balaban J connectivity index is 0.00000100. The van der Waals surface area contributed by atoms with E-state index < -0.39 is 0 Å². The summed E-state index contributed by atoms with van der Waals surface area (Å²) >= 11 is 3.53. The molecule has 1 aliphatic rings. The Labute approximate surface area is 149 Å². The number of hydrogen-bond donors (Lipinski definition) is 3. The van der Waals surface area contributed by atoms with Crippen LogP contribution in [0.3, 0.4) is 0 Å². The van der Waals surface area contributed by atoms with Gasteiger partial charge in [-0.05, 0) is 43.8 Å². The van der Waals surface area contributed by atoms with Crippen molar-refractivity contribution in [1.82, 2.24) is 5.32 Å². The van der Waals surface area contributed by atoms with Gasteiger partial charge in [-0.15, -0.1) is 0 Å². The quantitative estimate of drug-likeness (QED) is 0.732. The predicted molar refractivity (Wildman–Crippen MR) is 103 cm³/mol. The van der Waals surface area contributed by atoms with Gasteiger partial charge in [0.15, 0.2) is 0 Å². The lowest BCUT2D eigenvalue weighted by molar-refractivity contribution is 0.0909. The maximum atomic E-state index is 12.1. The minimum atomic E-state index is -0.379.